The second-order valence-corrected chi connectivity index (χ2v) is 5.81. The monoisotopic (exact) mass is 325 g/mol. The zero-order valence-corrected chi connectivity index (χ0v) is 12.5. The number of aliphatic carboxylic acids is 1. The minimum Gasteiger partial charge on any atom is -0.479 e. The first-order valence-electron chi connectivity index (χ1n) is 5.94. The summed E-state index contributed by atoms with van der Waals surface area (Å²) < 4.78 is 0. The molecule has 8 heteroatoms. The number of nitrogens with zero attached hydrogens (tertiary/aromatic N) is 1. The molecule has 1 aromatic heterocycles. The molecule has 0 aliphatic heterocycles. The van der Waals surface area contributed by atoms with E-state index < -0.39 is 18.0 Å². The maximum Gasteiger partial charge on any atom is 0.331 e. The van der Waals surface area contributed by atoms with Gasteiger partial charge in [0.15, 0.2) is 11.2 Å². The Morgan fingerprint density at radius 3 is 2.67 bits per heavy atom. The molecule has 110 valence electrons. The average Bonchev–Trinajstić information content (AvgIpc) is 2.82. The lowest BCUT2D eigenvalue weighted by Gasteiger charge is -2.16. The van der Waals surface area contributed by atoms with Gasteiger partial charge >= 0.3 is 12.0 Å². The van der Waals surface area contributed by atoms with Crippen LogP contribution < -0.4 is 10.6 Å². The summed E-state index contributed by atoms with van der Waals surface area (Å²) in [7, 11) is 0. The third kappa shape index (κ3) is 3.93. The Hall–Kier alpha value is -2.12. The highest BCUT2D eigenvalue weighted by Gasteiger charge is 2.24. The number of nitrogens with one attached hydrogen (secondary N) is 2. The van der Waals surface area contributed by atoms with Gasteiger partial charge in [-0.3, -0.25) is 5.32 Å². The van der Waals surface area contributed by atoms with Crippen LogP contribution in [-0.2, 0) is 4.79 Å². The van der Waals surface area contributed by atoms with Crippen molar-refractivity contribution in [3.63, 3.8) is 0 Å². The second kappa shape index (κ2) is 6.55. The second-order valence-electron chi connectivity index (χ2n) is 4.17. The summed E-state index contributed by atoms with van der Waals surface area (Å²) in [6, 6.07) is 4.56. The largest absolute Gasteiger partial charge is 0.479 e. The zero-order chi connectivity index (χ0) is 15.4. The van der Waals surface area contributed by atoms with Gasteiger partial charge in [-0.05, 0) is 13.0 Å². The van der Waals surface area contributed by atoms with Gasteiger partial charge in [0.25, 0.3) is 0 Å². The molecule has 0 bridgehead atoms. The Morgan fingerprint density at radius 1 is 1.38 bits per heavy atom. The van der Waals surface area contributed by atoms with Crippen molar-refractivity contribution >= 4 is 40.1 Å². The minimum atomic E-state index is -1.24. The Kier molecular flexibility index (Phi) is 4.77. The number of hydrogen-bond acceptors (Lipinski definition) is 4. The standard InChI is InChI=1S/C13H12ClN3O3S/c1-7-6-15-13(21-7)17-12(20)16-10(11(18)19)8-4-2-3-5-9(8)14/h2-6,10H,1H3,(H,18,19)(H2,15,16,17,20)/t10-/m1/s1. The van der Waals surface area contributed by atoms with Crippen LogP contribution in [0.25, 0.3) is 0 Å². The molecule has 0 spiro atoms. The van der Waals surface area contributed by atoms with Crippen molar-refractivity contribution in [3.05, 3.63) is 45.9 Å². The normalized spacial score (nSPS) is 11.7. The summed E-state index contributed by atoms with van der Waals surface area (Å²) in [6.45, 7) is 1.85. The van der Waals surface area contributed by atoms with Gasteiger partial charge in [-0.15, -0.1) is 11.3 Å². The number of carboxylic acid groups (broad SMARTS) is 1. The number of carbonyl (C=O) groups excluding carboxylic acids is 1. The number of carboxylic acids is 1. The molecule has 1 aromatic carbocycles. The lowest BCUT2D eigenvalue weighted by molar-refractivity contribution is -0.139. The summed E-state index contributed by atoms with van der Waals surface area (Å²) in [4.78, 5) is 28.1. The summed E-state index contributed by atoms with van der Waals surface area (Å²) in [5, 5.41) is 14.8. The van der Waals surface area contributed by atoms with E-state index in [1.165, 1.54) is 11.3 Å². The molecule has 0 saturated carbocycles. The van der Waals surface area contributed by atoms with Crippen LogP contribution >= 0.6 is 22.9 Å². The van der Waals surface area contributed by atoms with E-state index in [0.29, 0.717) is 10.7 Å². The van der Waals surface area contributed by atoms with Gasteiger partial charge in [-0.1, -0.05) is 29.8 Å². The first kappa shape index (κ1) is 15.3. The number of benzene rings is 1. The lowest BCUT2D eigenvalue weighted by atomic mass is 10.1. The summed E-state index contributed by atoms with van der Waals surface area (Å²) in [5.74, 6) is -1.20. The van der Waals surface area contributed by atoms with Crippen LogP contribution in [0.3, 0.4) is 0 Å². The van der Waals surface area contributed by atoms with E-state index in [1.54, 1.807) is 30.5 Å². The SMILES string of the molecule is Cc1cnc(NC(=O)N[C@@H](C(=O)O)c2ccccc2Cl)s1. The smallest absolute Gasteiger partial charge is 0.331 e. The van der Waals surface area contributed by atoms with Crippen molar-refractivity contribution in [2.24, 2.45) is 0 Å². The van der Waals surface area contributed by atoms with Crippen LogP contribution in [0.4, 0.5) is 9.93 Å². The third-order valence-corrected chi connectivity index (χ3v) is 3.75. The third-order valence-electron chi connectivity index (χ3n) is 2.58. The molecule has 0 aliphatic carbocycles. The molecular weight excluding hydrogens is 314 g/mol. The van der Waals surface area contributed by atoms with Gasteiger partial charge in [-0.25, -0.2) is 14.6 Å². The molecule has 2 rings (SSSR count). The summed E-state index contributed by atoms with van der Waals surface area (Å²) >= 11 is 7.26. The van der Waals surface area contributed by atoms with Crippen LogP contribution in [0.1, 0.15) is 16.5 Å². The molecular formula is C13H12ClN3O3S. The fraction of sp³-hybridized carbons (Fsp3) is 0.154. The predicted molar refractivity (Wildman–Crippen MR) is 80.8 cm³/mol. The van der Waals surface area contributed by atoms with Gasteiger partial charge in [0.05, 0.1) is 0 Å². The number of hydrogen-bond donors (Lipinski definition) is 3. The first-order valence-corrected chi connectivity index (χ1v) is 7.14. The number of aryl methyl sites for hydroxylation is 1. The molecule has 0 unspecified atom stereocenters. The molecule has 0 radical (unpaired) electrons. The van der Waals surface area contributed by atoms with Gasteiger partial charge in [-0.2, -0.15) is 0 Å². The van der Waals surface area contributed by atoms with Crippen molar-refractivity contribution in [3.8, 4) is 0 Å². The highest BCUT2D eigenvalue weighted by molar-refractivity contribution is 7.15. The van der Waals surface area contributed by atoms with E-state index in [1.807, 2.05) is 6.92 Å². The van der Waals surface area contributed by atoms with E-state index >= 15 is 0 Å². The number of rotatable bonds is 4. The van der Waals surface area contributed by atoms with Crippen molar-refractivity contribution in [1.82, 2.24) is 10.3 Å². The van der Waals surface area contributed by atoms with Crippen molar-refractivity contribution in [2.75, 3.05) is 5.32 Å². The Bertz CT molecular complexity index is 674. The Balaban J connectivity index is 2.12. The van der Waals surface area contributed by atoms with E-state index in [2.05, 4.69) is 15.6 Å². The first-order chi connectivity index (χ1) is 9.97. The fourth-order valence-electron chi connectivity index (χ4n) is 1.66. The quantitative estimate of drug-likeness (QED) is 0.805. The number of thiazole rings is 1. The molecule has 21 heavy (non-hydrogen) atoms. The average molecular weight is 326 g/mol. The molecule has 0 aliphatic rings. The molecule has 1 heterocycles. The van der Waals surface area contributed by atoms with Crippen molar-refractivity contribution in [1.29, 1.82) is 0 Å². The van der Waals surface area contributed by atoms with Crippen LogP contribution in [0.2, 0.25) is 5.02 Å². The zero-order valence-electron chi connectivity index (χ0n) is 11.0. The molecule has 0 fully saturated rings. The Morgan fingerprint density at radius 2 is 2.10 bits per heavy atom. The fourth-order valence-corrected chi connectivity index (χ4v) is 2.56. The van der Waals surface area contributed by atoms with Crippen LogP contribution in [-0.4, -0.2) is 22.1 Å². The number of amides is 2. The number of urea groups is 1. The molecule has 1 atom stereocenters. The van der Waals surface area contributed by atoms with E-state index in [4.69, 9.17) is 11.6 Å². The molecule has 2 aromatic rings. The summed E-state index contributed by atoms with van der Waals surface area (Å²) in [6.07, 6.45) is 1.61. The van der Waals surface area contributed by atoms with Crippen LogP contribution in [0.15, 0.2) is 30.5 Å². The highest BCUT2D eigenvalue weighted by atomic mass is 35.5. The van der Waals surface area contributed by atoms with Crippen LogP contribution in [0.5, 0.6) is 0 Å². The van der Waals surface area contributed by atoms with Gasteiger partial charge in [0.2, 0.25) is 0 Å². The van der Waals surface area contributed by atoms with E-state index in [9.17, 15) is 14.7 Å². The lowest BCUT2D eigenvalue weighted by Crippen LogP contribution is -2.36. The van der Waals surface area contributed by atoms with Gasteiger partial charge in [0.1, 0.15) is 0 Å². The molecule has 6 nitrogen and oxygen atoms in total. The topological polar surface area (TPSA) is 91.3 Å². The maximum atomic E-state index is 11.9. The number of aromatic nitrogens is 1. The summed E-state index contributed by atoms with van der Waals surface area (Å²) in [5.41, 5.74) is 0.317. The van der Waals surface area contributed by atoms with Crippen LogP contribution in [0, 0.1) is 6.92 Å². The number of carbonyl (C=O) groups is 2. The van der Waals surface area contributed by atoms with Crippen molar-refractivity contribution in [2.45, 2.75) is 13.0 Å². The Labute approximate surface area is 129 Å². The van der Waals surface area contributed by atoms with E-state index in [-0.39, 0.29) is 5.02 Å². The maximum absolute atomic E-state index is 11.9. The van der Waals surface area contributed by atoms with Gasteiger partial charge < -0.3 is 10.4 Å². The molecule has 3 N–H and O–H groups in total. The molecule has 0 saturated heterocycles. The van der Waals surface area contributed by atoms with E-state index in [0.717, 1.165) is 4.88 Å². The van der Waals surface area contributed by atoms with Crippen molar-refractivity contribution < 1.29 is 14.7 Å². The molecule has 2 amide bonds. The number of halogens is 1. The van der Waals surface area contributed by atoms with Gasteiger partial charge in [0, 0.05) is 21.7 Å². The highest BCUT2D eigenvalue weighted by Crippen LogP contribution is 2.23. The predicted octanol–water partition coefficient (Wildman–Crippen LogP) is 3.05. The number of anilines is 1. The minimum absolute atomic E-state index is 0.273.